The van der Waals surface area contributed by atoms with Gasteiger partial charge in [-0.15, -0.1) is 0 Å². The van der Waals surface area contributed by atoms with Gasteiger partial charge in [0, 0.05) is 37.1 Å². The molecule has 8 nitrogen and oxygen atoms in total. The Morgan fingerprint density at radius 2 is 1.74 bits per heavy atom. The largest absolute Gasteiger partial charge is 0.507 e. The van der Waals surface area contributed by atoms with Crippen LogP contribution in [0.5, 0.6) is 17.2 Å². The van der Waals surface area contributed by atoms with Crippen molar-refractivity contribution in [2.45, 2.75) is 13.0 Å². The highest BCUT2D eigenvalue weighted by Gasteiger charge is 2.47. The number of ketones is 1. The molecule has 1 unspecified atom stereocenters. The summed E-state index contributed by atoms with van der Waals surface area (Å²) < 4.78 is 16.9. The van der Waals surface area contributed by atoms with Crippen LogP contribution in [0.15, 0.2) is 66.2 Å². The van der Waals surface area contributed by atoms with Crippen LogP contribution in [0.2, 0.25) is 5.02 Å². The lowest BCUT2D eigenvalue weighted by Gasteiger charge is -2.27. The van der Waals surface area contributed by atoms with Crippen molar-refractivity contribution in [3.05, 3.63) is 82.4 Å². The molecule has 0 aromatic heterocycles. The second-order valence-corrected chi connectivity index (χ2v) is 9.46. The molecule has 0 radical (unpaired) electrons. The van der Waals surface area contributed by atoms with Gasteiger partial charge in [-0.1, -0.05) is 23.7 Å². The summed E-state index contributed by atoms with van der Waals surface area (Å²) in [5, 5.41) is 11.7. The van der Waals surface area contributed by atoms with Crippen molar-refractivity contribution in [3.8, 4) is 17.2 Å². The molecule has 2 heterocycles. The third kappa shape index (κ3) is 4.52. The molecule has 3 aromatic carbocycles. The van der Waals surface area contributed by atoms with E-state index in [0.717, 1.165) is 5.69 Å². The Hall–Kier alpha value is -4.17. The van der Waals surface area contributed by atoms with E-state index in [2.05, 4.69) is 0 Å². The summed E-state index contributed by atoms with van der Waals surface area (Å²) >= 11 is 6.44. The van der Waals surface area contributed by atoms with Gasteiger partial charge in [0.1, 0.15) is 24.7 Å². The molecule has 1 saturated heterocycles. The van der Waals surface area contributed by atoms with Crippen molar-refractivity contribution in [3.63, 3.8) is 0 Å². The molecule has 9 heteroatoms. The van der Waals surface area contributed by atoms with Gasteiger partial charge in [-0.25, -0.2) is 0 Å². The van der Waals surface area contributed by atoms with Gasteiger partial charge in [0.25, 0.3) is 11.7 Å². The van der Waals surface area contributed by atoms with E-state index in [1.54, 1.807) is 36.4 Å². The molecule has 196 valence electrons. The fraction of sp³-hybridized carbons (Fsp3) is 0.241. The summed E-state index contributed by atoms with van der Waals surface area (Å²) in [7, 11) is 3.84. The highest BCUT2D eigenvalue weighted by Crippen LogP contribution is 2.45. The molecular formula is C29H27ClN2O6. The fourth-order valence-electron chi connectivity index (χ4n) is 4.64. The molecule has 2 aliphatic rings. The van der Waals surface area contributed by atoms with E-state index in [1.165, 1.54) is 4.90 Å². The SMILES string of the molecule is CCOc1ccc(Cl)c(/C(O)=C2\C(=O)C(=O)N(c3ccc4c(c3)OCCO4)C2c2ccc(N(C)C)cc2)c1. The normalized spacial score (nSPS) is 18.0. The van der Waals surface area contributed by atoms with E-state index in [0.29, 0.717) is 48.3 Å². The van der Waals surface area contributed by atoms with Crippen molar-refractivity contribution in [1.82, 2.24) is 0 Å². The summed E-state index contributed by atoms with van der Waals surface area (Å²) in [5.41, 5.74) is 2.15. The van der Waals surface area contributed by atoms with Crippen LogP contribution in [0.1, 0.15) is 24.1 Å². The van der Waals surface area contributed by atoms with Crippen LogP contribution >= 0.6 is 11.6 Å². The smallest absolute Gasteiger partial charge is 0.300 e. The molecule has 0 spiro atoms. The van der Waals surface area contributed by atoms with Crippen molar-refractivity contribution in [2.24, 2.45) is 0 Å². The number of anilines is 2. The summed E-state index contributed by atoms with van der Waals surface area (Å²) in [6, 6.07) is 16.4. The predicted molar refractivity (Wildman–Crippen MR) is 146 cm³/mol. The first-order valence-corrected chi connectivity index (χ1v) is 12.6. The van der Waals surface area contributed by atoms with Gasteiger partial charge in [0.2, 0.25) is 0 Å². The van der Waals surface area contributed by atoms with Crippen LogP contribution in [-0.2, 0) is 9.59 Å². The molecule has 0 aliphatic carbocycles. The zero-order chi connectivity index (χ0) is 27.0. The molecule has 38 heavy (non-hydrogen) atoms. The topological polar surface area (TPSA) is 88.5 Å². The number of aliphatic hydroxyl groups is 1. The molecule has 1 N–H and O–H groups in total. The molecule has 0 bridgehead atoms. The predicted octanol–water partition coefficient (Wildman–Crippen LogP) is 5.20. The standard InChI is InChI=1S/C29H27ClN2O6/c1-4-36-20-10-11-22(30)21(16-20)27(33)25-26(17-5-7-18(8-6-17)31(2)3)32(29(35)28(25)34)19-9-12-23-24(15-19)38-14-13-37-23/h5-12,15-16,26,33H,4,13-14H2,1-3H3/b27-25+. The Morgan fingerprint density at radius 1 is 1.03 bits per heavy atom. The van der Waals surface area contributed by atoms with E-state index in [1.807, 2.05) is 50.2 Å². The van der Waals surface area contributed by atoms with Gasteiger partial charge >= 0.3 is 0 Å². The molecule has 1 fully saturated rings. The number of rotatable bonds is 6. The monoisotopic (exact) mass is 534 g/mol. The van der Waals surface area contributed by atoms with E-state index in [4.69, 9.17) is 25.8 Å². The highest BCUT2D eigenvalue weighted by molar-refractivity contribution is 6.52. The summed E-state index contributed by atoms with van der Waals surface area (Å²) in [4.78, 5) is 30.4. The van der Waals surface area contributed by atoms with E-state index in [-0.39, 0.29) is 21.9 Å². The first-order valence-electron chi connectivity index (χ1n) is 12.2. The number of ether oxygens (including phenoxy) is 3. The lowest BCUT2D eigenvalue weighted by molar-refractivity contribution is -0.132. The fourth-order valence-corrected chi connectivity index (χ4v) is 4.85. The summed E-state index contributed by atoms with van der Waals surface area (Å²) in [6.45, 7) is 3.05. The number of Topliss-reactive ketones (excluding diaryl/α,β-unsaturated/α-hetero) is 1. The number of carbonyl (C=O) groups excluding carboxylic acids is 2. The average molecular weight is 535 g/mol. The Bertz CT molecular complexity index is 1430. The number of carbonyl (C=O) groups is 2. The molecule has 1 amide bonds. The molecule has 0 saturated carbocycles. The maximum Gasteiger partial charge on any atom is 0.300 e. The third-order valence-corrected chi connectivity index (χ3v) is 6.81. The maximum absolute atomic E-state index is 13.5. The Labute approximate surface area is 225 Å². The first kappa shape index (κ1) is 25.5. The number of aliphatic hydroxyl groups excluding tert-OH is 1. The van der Waals surface area contributed by atoms with Crippen molar-refractivity contribution < 1.29 is 28.9 Å². The quantitative estimate of drug-likeness (QED) is 0.264. The van der Waals surface area contributed by atoms with Crippen molar-refractivity contribution >= 4 is 40.4 Å². The number of fused-ring (bicyclic) bond motifs is 1. The molecule has 2 aliphatic heterocycles. The van der Waals surface area contributed by atoms with Gasteiger partial charge in [-0.3, -0.25) is 14.5 Å². The zero-order valence-electron chi connectivity index (χ0n) is 21.2. The van der Waals surface area contributed by atoms with Crippen LogP contribution in [0.4, 0.5) is 11.4 Å². The van der Waals surface area contributed by atoms with Gasteiger partial charge in [0.05, 0.1) is 23.2 Å². The number of halogens is 1. The Balaban J connectivity index is 1.70. The molecule has 3 aromatic rings. The Kier molecular flexibility index (Phi) is 6.91. The van der Waals surface area contributed by atoms with Gasteiger partial charge < -0.3 is 24.2 Å². The maximum atomic E-state index is 13.5. The minimum Gasteiger partial charge on any atom is -0.507 e. The lowest BCUT2D eigenvalue weighted by atomic mass is 9.94. The number of benzene rings is 3. The molecular weight excluding hydrogens is 508 g/mol. The number of amides is 1. The van der Waals surface area contributed by atoms with Crippen molar-refractivity contribution in [1.29, 1.82) is 0 Å². The number of hydrogen-bond acceptors (Lipinski definition) is 7. The van der Waals surface area contributed by atoms with Gasteiger partial charge in [-0.05, 0) is 55.0 Å². The van der Waals surface area contributed by atoms with E-state index >= 15 is 0 Å². The second kappa shape index (κ2) is 10.3. The van der Waals surface area contributed by atoms with Crippen LogP contribution in [-0.4, -0.2) is 50.7 Å². The van der Waals surface area contributed by atoms with E-state index in [9.17, 15) is 14.7 Å². The number of hydrogen-bond donors (Lipinski definition) is 1. The van der Waals surface area contributed by atoms with Crippen LogP contribution in [0, 0.1) is 0 Å². The zero-order valence-corrected chi connectivity index (χ0v) is 22.0. The van der Waals surface area contributed by atoms with Crippen LogP contribution < -0.4 is 24.0 Å². The Morgan fingerprint density at radius 3 is 2.42 bits per heavy atom. The van der Waals surface area contributed by atoms with Gasteiger partial charge in [-0.2, -0.15) is 0 Å². The molecule has 1 atom stereocenters. The first-order chi connectivity index (χ1) is 18.3. The van der Waals surface area contributed by atoms with Gasteiger partial charge in [0.15, 0.2) is 11.5 Å². The lowest BCUT2D eigenvalue weighted by Crippen LogP contribution is -2.29. The van der Waals surface area contributed by atoms with E-state index < -0.39 is 17.7 Å². The third-order valence-electron chi connectivity index (χ3n) is 6.48. The number of nitrogens with zero attached hydrogens (tertiary/aromatic N) is 2. The molecule has 5 rings (SSSR count). The summed E-state index contributed by atoms with van der Waals surface area (Å²) in [6.07, 6.45) is 0. The second-order valence-electron chi connectivity index (χ2n) is 9.06. The highest BCUT2D eigenvalue weighted by atomic mass is 35.5. The van der Waals surface area contributed by atoms with Crippen LogP contribution in [0.3, 0.4) is 0 Å². The minimum atomic E-state index is -0.916. The minimum absolute atomic E-state index is 0.0713. The van der Waals surface area contributed by atoms with Crippen LogP contribution in [0.25, 0.3) is 5.76 Å². The average Bonchev–Trinajstić information content (AvgIpc) is 3.19. The summed E-state index contributed by atoms with van der Waals surface area (Å²) in [5.74, 6) is -0.463. The van der Waals surface area contributed by atoms with Crippen molar-refractivity contribution in [2.75, 3.05) is 43.7 Å².